The van der Waals surface area contributed by atoms with Gasteiger partial charge in [0.05, 0.1) is 11.9 Å². The van der Waals surface area contributed by atoms with Crippen LogP contribution in [0.1, 0.15) is 12.0 Å². The van der Waals surface area contributed by atoms with Crippen molar-refractivity contribution in [2.24, 2.45) is 0 Å². The maximum Gasteiger partial charge on any atom is 0.322 e. The molecule has 0 amide bonds. The van der Waals surface area contributed by atoms with E-state index in [0.29, 0.717) is 6.42 Å². The van der Waals surface area contributed by atoms with E-state index in [9.17, 15) is 18.3 Å². The van der Waals surface area contributed by atoms with E-state index >= 15 is 0 Å². The van der Waals surface area contributed by atoms with Gasteiger partial charge < -0.3 is 10.2 Å². The molecule has 1 aliphatic heterocycles. The van der Waals surface area contributed by atoms with Crippen LogP contribution >= 0.6 is 0 Å². The minimum Gasteiger partial charge on any atom is -0.480 e. The Morgan fingerprint density at radius 1 is 1.30 bits per heavy atom. The molecule has 0 aliphatic carbocycles. The van der Waals surface area contributed by atoms with Crippen LogP contribution in [0.15, 0.2) is 30.3 Å². The SMILES string of the molecule is O=C(O)[C@@H]1C[C@H](O)CN1S(=O)(=O)CCc1ccccc1. The van der Waals surface area contributed by atoms with Crippen LogP contribution in [-0.2, 0) is 21.2 Å². The summed E-state index contributed by atoms with van der Waals surface area (Å²) < 4.78 is 25.3. The molecule has 1 aromatic carbocycles. The molecular formula is C13H17NO5S. The number of aliphatic hydroxyl groups excluding tert-OH is 1. The zero-order valence-corrected chi connectivity index (χ0v) is 11.7. The number of rotatable bonds is 5. The van der Waals surface area contributed by atoms with Gasteiger partial charge in [0.2, 0.25) is 10.0 Å². The highest BCUT2D eigenvalue weighted by molar-refractivity contribution is 7.89. The lowest BCUT2D eigenvalue weighted by molar-refractivity contribution is -0.140. The van der Waals surface area contributed by atoms with Crippen LogP contribution in [0.2, 0.25) is 0 Å². The number of benzene rings is 1. The van der Waals surface area contributed by atoms with E-state index in [-0.39, 0.29) is 18.7 Å². The van der Waals surface area contributed by atoms with Gasteiger partial charge in [0.15, 0.2) is 0 Å². The van der Waals surface area contributed by atoms with Crippen molar-refractivity contribution >= 4 is 16.0 Å². The van der Waals surface area contributed by atoms with Crippen LogP contribution in [-0.4, -0.2) is 53.3 Å². The summed E-state index contributed by atoms with van der Waals surface area (Å²) in [6.45, 7) is -0.145. The molecule has 0 unspecified atom stereocenters. The highest BCUT2D eigenvalue weighted by Crippen LogP contribution is 2.22. The molecule has 2 N–H and O–H groups in total. The Morgan fingerprint density at radius 3 is 2.55 bits per heavy atom. The van der Waals surface area contributed by atoms with Gasteiger partial charge in [-0.3, -0.25) is 4.79 Å². The van der Waals surface area contributed by atoms with E-state index in [1.54, 1.807) is 0 Å². The Kier molecular flexibility index (Phi) is 4.42. The van der Waals surface area contributed by atoms with E-state index in [2.05, 4.69) is 0 Å². The third-order valence-corrected chi connectivity index (χ3v) is 5.21. The first-order valence-electron chi connectivity index (χ1n) is 6.34. The molecule has 0 aromatic heterocycles. The fourth-order valence-electron chi connectivity index (χ4n) is 2.32. The predicted octanol–water partition coefficient (Wildman–Crippen LogP) is 0.0787. The van der Waals surface area contributed by atoms with Crippen LogP contribution in [0, 0.1) is 0 Å². The number of carboxylic acids is 1. The molecule has 1 aromatic rings. The number of nitrogens with zero attached hydrogens (tertiary/aromatic N) is 1. The van der Waals surface area contributed by atoms with Gasteiger partial charge in [0, 0.05) is 13.0 Å². The Balaban J connectivity index is 2.08. The number of carboxylic acid groups (broad SMARTS) is 1. The number of β-amino-alcohol motifs (C(OH)–C–C–N with tert-alkyl or cyclic N) is 1. The summed E-state index contributed by atoms with van der Waals surface area (Å²) >= 11 is 0. The zero-order valence-electron chi connectivity index (χ0n) is 10.8. The Hall–Kier alpha value is -1.44. The van der Waals surface area contributed by atoms with Crippen molar-refractivity contribution in [2.75, 3.05) is 12.3 Å². The molecule has 1 heterocycles. The average Bonchev–Trinajstić information content (AvgIpc) is 2.81. The molecule has 1 saturated heterocycles. The summed E-state index contributed by atoms with van der Waals surface area (Å²) in [6, 6.07) is 7.97. The van der Waals surface area contributed by atoms with Gasteiger partial charge in [0.25, 0.3) is 0 Å². The number of hydrogen-bond donors (Lipinski definition) is 2. The largest absolute Gasteiger partial charge is 0.480 e. The highest BCUT2D eigenvalue weighted by Gasteiger charge is 2.42. The lowest BCUT2D eigenvalue weighted by Gasteiger charge is -2.20. The van der Waals surface area contributed by atoms with Crippen molar-refractivity contribution in [1.82, 2.24) is 4.31 Å². The van der Waals surface area contributed by atoms with Crippen molar-refractivity contribution in [3.63, 3.8) is 0 Å². The molecule has 0 radical (unpaired) electrons. The summed E-state index contributed by atoms with van der Waals surface area (Å²) in [5, 5.41) is 18.5. The van der Waals surface area contributed by atoms with Crippen LogP contribution in [0.4, 0.5) is 0 Å². The van der Waals surface area contributed by atoms with Gasteiger partial charge in [-0.05, 0) is 12.0 Å². The molecule has 110 valence electrons. The van der Waals surface area contributed by atoms with E-state index < -0.39 is 28.1 Å². The fourth-order valence-corrected chi connectivity index (χ4v) is 4.02. The van der Waals surface area contributed by atoms with Gasteiger partial charge in [0.1, 0.15) is 6.04 Å². The second-order valence-electron chi connectivity index (χ2n) is 4.86. The van der Waals surface area contributed by atoms with E-state index in [1.807, 2.05) is 30.3 Å². The summed E-state index contributed by atoms with van der Waals surface area (Å²) in [5.74, 6) is -1.38. The first-order valence-corrected chi connectivity index (χ1v) is 7.95. The molecule has 1 fully saturated rings. The highest BCUT2D eigenvalue weighted by atomic mass is 32.2. The van der Waals surface area contributed by atoms with Crippen molar-refractivity contribution < 1.29 is 23.4 Å². The third kappa shape index (κ3) is 3.36. The molecule has 0 bridgehead atoms. The topological polar surface area (TPSA) is 94.9 Å². The van der Waals surface area contributed by atoms with Crippen molar-refractivity contribution in [2.45, 2.75) is 25.0 Å². The number of hydrogen-bond acceptors (Lipinski definition) is 4. The van der Waals surface area contributed by atoms with Gasteiger partial charge in [-0.2, -0.15) is 4.31 Å². The van der Waals surface area contributed by atoms with Gasteiger partial charge in [-0.15, -0.1) is 0 Å². The molecular weight excluding hydrogens is 282 g/mol. The Morgan fingerprint density at radius 2 is 1.95 bits per heavy atom. The van der Waals surface area contributed by atoms with Crippen molar-refractivity contribution in [3.05, 3.63) is 35.9 Å². The monoisotopic (exact) mass is 299 g/mol. The quantitative estimate of drug-likeness (QED) is 0.803. The second-order valence-corrected chi connectivity index (χ2v) is 6.91. The molecule has 1 aliphatic rings. The molecule has 6 nitrogen and oxygen atoms in total. The first kappa shape index (κ1) is 15.0. The second kappa shape index (κ2) is 5.90. The molecule has 0 spiro atoms. The molecule has 2 atom stereocenters. The molecule has 7 heteroatoms. The molecule has 0 saturated carbocycles. The van der Waals surface area contributed by atoms with Crippen molar-refractivity contribution in [3.8, 4) is 0 Å². The number of aliphatic carboxylic acids is 1. The Labute approximate surface area is 117 Å². The number of aryl methyl sites for hydroxylation is 1. The maximum atomic E-state index is 12.2. The molecule has 2 rings (SSSR count). The van der Waals surface area contributed by atoms with E-state index in [0.717, 1.165) is 9.87 Å². The molecule has 20 heavy (non-hydrogen) atoms. The van der Waals surface area contributed by atoms with Gasteiger partial charge >= 0.3 is 5.97 Å². The number of aliphatic hydroxyl groups is 1. The summed E-state index contributed by atoms with van der Waals surface area (Å²) in [5.41, 5.74) is 0.877. The van der Waals surface area contributed by atoms with Crippen molar-refractivity contribution in [1.29, 1.82) is 0 Å². The summed E-state index contributed by atoms with van der Waals surface area (Å²) in [4.78, 5) is 11.1. The fraction of sp³-hybridized carbons (Fsp3) is 0.462. The lowest BCUT2D eigenvalue weighted by Crippen LogP contribution is -2.42. The first-order chi connectivity index (χ1) is 9.40. The van der Waals surface area contributed by atoms with E-state index in [1.165, 1.54) is 0 Å². The lowest BCUT2D eigenvalue weighted by atomic mass is 10.2. The van der Waals surface area contributed by atoms with Crippen LogP contribution in [0.25, 0.3) is 0 Å². The van der Waals surface area contributed by atoms with Gasteiger partial charge in [-0.1, -0.05) is 30.3 Å². The van der Waals surface area contributed by atoms with E-state index in [4.69, 9.17) is 5.11 Å². The van der Waals surface area contributed by atoms with Crippen LogP contribution in [0.3, 0.4) is 0 Å². The Bertz CT molecular complexity index is 572. The summed E-state index contributed by atoms with van der Waals surface area (Å²) in [7, 11) is -3.69. The van der Waals surface area contributed by atoms with Crippen LogP contribution < -0.4 is 0 Å². The summed E-state index contributed by atoms with van der Waals surface area (Å²) in [6.07, 6.45) is -0.648. The standard InChI is InChI=1S/C13H17NO5S/c15-11-8-12(13(16)17)14(9-11)20(18,19)7-6-10-4-2-1-3-5-10/h1-5,11-12,15H,6-9H2,(H,16,17)/t11-,12-/m0/s1. The number of carbonyl (C=O) groups is 1. The van der Waals surface area contributed by atoms with Crippen LogP contribution in [0.5, 0.6) is 0 Å². The minimum atomic E-state index is -3.69. The minimum absolute atomic E-state index is 0.0557. The maximum absolute atomic E-state index is 12.2. The third-order valence-electron chi connectivity index (χ3n) is 3.37. The van der Waals surface area contributed by atoms with Gasteiger partial charge in [-0.25, -0.2) is 8.42 Å². The smallest absolute Gasteiger partial charge is 0.322 e. The zero-order chi connectivity index (χ0) is 14.8. The number of sulfonamides is 1. The normalized spacial score (nSPS) is 23.9. The predicted molar refractivity (Wildman–Crippen MR) is 72.7 cm³/mol. The average molecular weight is 299 g/mol.